The van der Waals surface area contributed by atoms with Crippen LogP contribution in [-0.4, -0.2) is 6.85 Å². The van der Waals surface area contributed by atoms with E-state index < -0.39 is 0 Å². The molecule has 0 N–H and O–H groups in total. The Balaban J connectivity index is 1.05. The maximum absolute atomic E-state index is 7.34. The molecular formula is C79H80BN3OS. The highest BCUT2D eigenvalue weighted by Crippen LogP contribution is 2.58. The van der Waals surface area contributed by atoms with Crippen molar-refractivity contribution in [2.24, 2.45) is 0 Å². The van der Waals surface area contributed by atoms with E-state index in [1.54, 1.807) is 0 Å². The third kappa shape index (κ3) is 8.73. The van der Waals surface area contributed by atoms with Gasteiger partial charge >= 0.3 is 6.85 Å². The Morgan fingerprint density at radius 1 is 0.424 bits per heavy atom. The van der Waals surface area contributed by atoms with Crippen molar-refractivity contribution in [1.82, 2.24) is 0 Å². The molecule has 0 spiro atoms. The van der Waals surface area contributed by atoms with Crippen LogP contribution in [0, 0.1) is 0 Å². The Morgan fingerprint density at radius 3 is 1.49 bits per heavy atom. The molecule has 1 aliphatic carbocycles. The first kappa shape index (κ1) is 55.1. The Bertz CT molecular complexity index is 4450. The summed E-state index contributed by atoms with van der Waals surface area (Å²) in [5, 5.41) is 3.52. The van der Waals surface area contributed by atoms with Gasteiger partial charge in [0.05, 0.1) is 11.4 Å². The lowest BCUT2D eigenvalue weighted by Crippen LogP contribution is -2.60. The normalized spacial score (nSPS) is 14.7. The minimum absolute atomic E-state index is 0.0107. The number of hydrogen-bond donors (Lipinski definition) is 0. The van der Waals surface area contributed by atoms with E-state index >= 15 is 0 Å². The highest BCUT2D eigenvalue weighted by atomic mass is 32.1. The Kier molecular flexibility index (Phi) is 12.1. The van der Waals surface area contributed by atoms with Crippen LogP contribution >= 0.6 is 11.3 Å². The second-order valence-electron chi connectivity index (χ2n) is 30.3. The van der Waals surface area contributed by atoms with E-state index in [0.29, 0.717) is 0 Å². The summed E-state index contributed by atoms with van der Waals surface area (Å²) in [6, 6.07) is 68.3. The number of fused-ring (bicyclic) bond motifs is 13. The summed E-state index contributed by atoms with van der Waals surface area (Å²) in [7, 11) is 0. The molecule has 6 heteroatoms. The summed E-state index contributed by atoms with van der Waals surface area (Å²) in [5.74, 6) is 0. The first-order chi connectivity index (χ1) is 40.1. The van der Waals surface area contributed by atoms with Gasteiger partial charge in [0.1, 0.15) is 5.58 Å². The van der Waals surface area contributed by atoms with Crippen LogP contribution in [0.5, 0.6) is 0 Å². The summed E-state index contributed by atoms with van der Waals surface area (Å²) >= 11 is 1.96. The number of nitrogens with zero attached hydrogens (tertiary/aromatic N) is 3. The van der Waals surface area contributed by atoms with Crippen LogP contribution < -0.4 is 24.9 Å². The van der Waals surface area contributed by atoms with Crippen molar-refractivity contribution in [1.29, 1.82) is 0 Å². The van der Waals surface area contributed by atoms with Gasteiger partial charge in [0.15, 0.2) is 5.58 Å². The zero-order valence-corrected chi connectivity index (χ0v) is 53.8. The zero-order valence-electron chi connectivity index (χ0n) is 53.0. The predicted octanol–water partition coefficient (Wildman–Crippen LogP) is 21.8. The fraction of sp³-hybridized carbons (Fsp3) is 0.291. The van der Waals surface area contributed by atoms with Crippen molar-refractivity contribution in [2.75, 3.05) is 14.6 Å². The van der Waals surface area contributed by atoms with Gasteiger partial charge < -0.3 is 19.0 Å². The number of benzene rings is 9. The van der Waals surface area contributed by atoms with Gasteiger partial charge in [0.25, 0.3) is 0 Å². The number of hydrogen-bond acceptors (Lipinski definition) is 5. The van der Waals surface area contributed by atoms with E-state index in [4.69, 9.17) is 4.42 Å². The maximum atomic E-state index is 7.34. The third-order valence-corrected chi connectivity index (χ3v) is 20.2. The van der Waals surface area contributed by atoms with E-state index in [-0.39, 0.29) is 39.3 Å². The van der Waals surface area contributed by atoms with Crippen molar-refractivity contribution in [3.05, 3.63) is 215 Å². The van der Waals surface area contributed by atoms with E-state index in [1.165, 1.54) is 98.6 Å². The number of thiophene rings is 1. The summed E-state index contributed by atoms with van der Waals surface area (Å²) in [6.45, 7) is 39.4. The fourth-order valence-corrected chi connectivity index (χ4v) is 15.2. The molecule has 426 valence electrons. The van der Waals surface area contributed by atoms with E-state index in [1.807, 2.05) is 11.3 Å². The molecule has 0 radical (unpaired) electrons. The molecule has 0 atom stereocenters. The summed E-state index contributed by atoms with van der Waals surface area (Å²) in [4.78, 5) is 7.78. The largest absolute Gasteiger partial charge is 0.454 e. The monoisotopic (exact) mass is 1130 g/mol. The van der Waals surface area contributed by atoms with Crippen LogP contribution in [0.2, 0.25) is 0 Å². The number of para-hydroxylation sites is 1. The molecule has 0 saturated heterocycles. The molecular weight excluding hydrogens is 1050 g/mol. The van der Waals surface area contributed by atoms with Crippen molar-refractivity contribution >= 4 is 106 Å². The van der Waals surface area contributed by atoms with Crippen LogP contribution in [0.15, 0.2) is 180 Å². The Hall–Kier alpha value is -7.80. The smallest absolute Gasteiger partial charge is 0.343 e. The summed E-state index contributed by atoms with van der Waals surface area (Å²) in [6.07, 6.45) is 0. The molecule has 2 aliphatic heterocycles. The second-order valence-corrected chi connectivity index (χ2v) is 31.4. The van der Waals surface area contributed by atoms with Crippen LogP contribution in [0.25, 0.3) is 54.3 Å². The summed E-state index contributed by atoms with van der Waals surface area (Å²) in [5.41, 5.74) is 26.3. The first-order valence-corrected chi connectivity index (χ1v) is 31.6. The minimum Gasteiger partial charge on any atom is -0.454 e. The van der Waals surface area contributed by atoms with Gasteiger partial charge in [-0.2, -0.15) is 0 Å². The molecule has 0 bridgehead atoms. The van der Waals surface area contributed by atoms with Crippen LogP contribution in [0.4, 0.5) is 45.5 Å². The molecule has 85 heavy (non-hydrogen) atoms. The third-order valence-electron chi connectivity index (χ3n) is 19.0. The van der Waals surface area contributed by atoms with Gasteiger partial charge in [0, 0.05) is 70.7 Å². The van der Waals surface area contributed by atoms with E-state index in [9.17, 15) is 0 Å². The molecule has 4 heterocycles. The van der Waals surface area contributed by atoms with Gasteiger partial charge in [-0.3, -0.25) is 0 Å². The topological polar surface area (TPSA) is 22.9 Å². The molecule has 4 nitrogen and oxygen atoms in total. The van der Waals surface area contributed by atoms with Gasteiger partial charge in [-0.05, 0) is 185 Å². The quantitative estimate of drug-likeness (QED) is 0.160. The van der Waals surface area contributed by atoms with Crippen LogP contribution in [0.1, 0.15) is 157 Å². The number of anilines is 8. The molecule has 0 unspecified atom stereocenters. The fourth-order valence-electron chi connectivity index (χ4n) is 14.0. The number of furan rings is 1. The van der Waals surface area contributed by atoms with E-state index in [2.05, 4.69) is 308 Å². The molecule has 0 saturated carbocycles. The first-order valence-electron chi connectivity index (χ1n) is 30.8. The lowest BCUT2D eigenvalue weighted by Gasteiger charge is -2.45. The highest BCUT2D eigenvalue weighted by Gasteiger charge is 2.50. The second kappa shape index (κ2) is 18.6. The molecule has 2 aromatic heterocycles. The van der Waals surface area contributed by atoms with Crippen molar-refractivity contribution in [2.45, 2.75) is 150 Å². The van der Waals surface area contributed by atoms with Gasteiger partial charge in [0.2, 0.25) is 0 Å². The lowest BCUT2D eigenvalue weighted by molar-refractivity contribution is 0.590. The van der Waals surface area contributed by atoms with Crippen LogP contribution in [-0.2, 0) is 32.5 Å². The number of rotatable bonds is 5. The lowest BCUT2D eigenvalue weighted by atomic mass is 9.46. The predicted molar refractivity (Wildman–Crippen MR) is 369 cm³/mol. The van der Waals surface area contributed by atoms with Crippen LogP contribution in [0.3, 0.4) is 0 Å². The average molecular weight is 1130 g/mol. The molecule has 9 aromatic carbocycles. The standard InChI is InChI=1S/C79H80BN3OS/c1-74(2,3)47-22-31-52(32-23-47)81(53-33-24-48(25-34-53)75(4,5)6)56-39-40-57-59-44-60-61-45-62-58-20-18-19-21-67(58)84-72(62)71-69(61)80(83(55-37-28-50(29-38-55)77(10,11)12)66(60)46-65(59)79(16,17)64(57)43-56)73-70(63-42-51(78(13,14)15)30-41-68(63)85-73)82(71)54-35-26-49(27-36-54)76(7,8)9/h18-46H,1-17H3. The van der Waals surface area contributed by atoms with Gasteiger partial charge in [-0.15, -0.1) is 11.3 Å². The van der Waals surface area contributed by atoms with Gasteiger partial charge in [-0.25, -0.2) is 0 Å². The molecule has 11 aromatic rings. The molecule has 14 rings (SSSR count). The maximum Gasteiger partial charge on any atom is 0.343 e. The molecule has 0 fully saturated rings. The molecule has 0 amide bonds. The minimum atomic E-state index is -0.347. The van der Waals surface area contributed by atoms with Crippen molar-refractivity contribution < 1.29 is 4.42 Å². The average Bonchev–Trinajstić information content (AvgIpc) is 1.75. The SMILES string of the molecule is CC(C)(C)c1ccc(N2B3c4sc5ccc(C(C)(C)C)cc5c4N(c4ccc(C(C)(C)C)cc4)c4c3c(cc3c4oc4ccccc43)-c3cc4c(cc32)C(C)(C)c2cc(N(c3ccc(C(C)(C)C)cc3)c3ccc(C(C)(C)C)cc3)ccc2-4)cc1. The van der Waals surface area contributed by atoms with Crippen molar-refractivity contribution in [3.8, 4) is 22.3 Å². The van der Waals surface area contributed by atoms with E-state index in [0.717, 1.165) is 50.4 Å². The Labute approximate surface area is 509 Å². The molecule has 3 aliphatic rings. The van der Waals surface area contributed by atoms with Gasteiger partial charge in [-0.1, -0.05) is 197 Å². The summed E-state index contributed by atoms with van der Waals surface area (Å²) < 4.78 is 9.95. The zero-order chi connectivity index (χ0) is 59.8. The highest BCUT2D eigenvalue weighted by molar-refractivity contribution is 7.32. The Morgan fingerprint density at radius 2 is 0.929 bits per heavy atom. The van der Waals surface area contributed by atoms with Crippen molar-refractivity contribution in [3.63, 3.8) is 0 Å².